The number of nitrogens with one attached hydrogen (secondary N) is 1. The van der Waals surface area contributed by atoms with Gasteiger partial charge in [-0.05, 0) is 23.6 Å². The fourth-order valence-corrected chi connectivity index (χ4v) is 2.59. The second kappa shape index (κ2) is 7.24. The number of carbonyl (C=O) groups excluding carboxylic acids is 1. The Hall–Kier alpha value is -2.40. The third-order valence-corrected chi connectivity index (χ3v) is 4.03. The predicted molar refractivity (Wildman–Crippen MR) is 88.2 cm³/mol. The molecule has 0 fully saturated rings. The highest BCUT2D eigenvalue weighted by atomic mass is 32.2. The van der Waals surface area contributed by atoms with Gasteiger partial charge < -0.3 is 10.1 Å². The van der Waals surface area contributed by atoms with Crippen LogP contribution in [0.5, 0.6) is 0 Å². The number of benzene rings is 2. The van der Waals surface area contributed by atoms with Crippen LogP contribution >= 0.6 is 0 Å². The Balaban J connectivity index is 2.23. The molecule has 1 amide bonds. The zero-order chi connectivity index (χ0) is 16.9. The van der Waals surface area contributed by atoms with Crippen molar-refractivity contribution in [2.24, 2.45) is 5.14 Å². The molecule has 6 nitrogen and oxygen atoms in total. The van der Waals surface area contributed by atoms with Gasteiger partial charge in [0.1, 0.15) is 6.61 Å². The number of rotatable bonds is 6. The van der Waals surface area contributed by atoms with Gasteiger partial charge in [0.05, 0.1) is 17.9 Å². The first kappa shape index (κ1) is 17.0. The molecule has 0 bridgehead atoms. The molecule has 0 aliphatic carbocycles. The molecule has 0 aliphatic rings. The van der Waals surface area contributed by atoms with E-state index in [0.717, 1.165) is 5.39 Å². The van der Waals surface area contributed by atoms with E-state index >= 15 is 0 Å². The van der Waals surface area contributed by atoms with Crippen LogP contribution < -0.4 is 10.5 Å². The number of hydrogen-bond donors (Lipinski definition) is 2. The monoisotopic (exact) mass is 332 g/mol. The van der Waals surface area contributed by atoms with Crippen molar-refractivity contribution in [3.63, 3.8) is 0 Å². The first-order chi connectivity index (χ1) is 10.9. The van der Waals surface area contributed by atoms with E-state index in [1.807, 2.05) is 6.07 Å². The van der Waals surface area contributed by atoms with Crippen LogP contribution in [0.25, 0.3) is 10.8 Å². The van der Waals surface area contributed by atoms with Crippen LogP contribution in [-0.4, -0.2) is 27.5 Å². The van der Waals surface area contributed by atoms with Crippen molar-refractivity contribution in [2.45, 2.75) is 11.3 Å². The minimum absolute atomic E-state index is 0.0101. The molecule has 7 heteroatoms. The average Bonchev–Trinajstić information content (AvgIpc) is 2.50. The van der Waals surface area contributed by atoms with Crippen molar-refractivity contribution in [1.29, 1.82) is 0 Å². The number of anilines is 1. The zero-order valence-electron chi connectivity index (χ0n) is 12.3. The number of nitrogens with two attached hydrogens (primary N) is 1. The number of hydrogen-bond acceptors (Lipinski definition) is 4. The summed E-state index contributed by atoms with van der Waals surface area (Å²) in [6, 6.07) is 9.78. The lowest BCUT2D eigenvalue weighted by Crippen LogP contribution is -2.15. The summed E-state index contributed by atoms with van der Waals surface area (Å²) >= 11 is 0. The Bertz CT molecular complexity index is 869. The van der Waals surface area contributed by atoms with E-state index in [-0.39, 0.29) is 30.4 Å². The Kier molecular flexibility index (Phi) is 5.34. The molecule has 0 spiro atoms. The number of terminal acetylenes is 1. The summed E-state index contributed by atoms with van der Waals surface area (Å²) in [4.78, 5) is 11.9. The highest BCUT2D eigenvalue weighted by Crippen LogP contribution is 2.26. The van der Waals surface area contributed by atoms with Crippen LogP contribution in [0.1, 0.15) is 6.42 Å². The molecule has 120 valence electrons. The number of carbonyl (C=O) groups is 1. The van der Waals surface area contributed by atoms with E-state index in [0.29, 0.717) is 11.1 Å². The van der Waals surface area contributed by atoms with E-state index in [9.17, 15) is 13.2 Å². The maximum Gasteiger partial charge on any atom is 0.238 e. The van der Waals surface area contributed by atoms with Gasteiger partial charge in [0.15, 0.2) is 0 Å². The number of ether oxygens (including phenoxy) is 1. The second-order valence-electron chi connectivity index (χ2n) is 4.79. The highest BCUT2D eigenvalue weighted by molar-refractivity contribution is 7.89. The fourth-order valence-electron chi connectivity index (χ4n) is 2.05. The third-order valence-electron chi connectivity index (χ3n) is 3.12. The van der Waals surface area contributed by atoms with Gasteiger partial charge in [0.25, 0.3) is 0 Å². The Labute approximate surface area is 134 Å². The van der Waals surface area contributed by atoms with Crippen LogP contribution in [0, 0.1) is 12.3 Å². The number of sulfonamides is 1. The Morgan fingerprint density at radius 3 is 2.78 bits per heavy atom. The molecule has 0 unspecified atom stereocenters. The molecule has 0 radical (unpaired) electrons. The summed E-state index contributed by atoms with van der Waals surface area (Å²) in [5.74, 6) is 2.06. The Morgan fingerprint density at radius 1 is 1.30 bits per heavy atom. The van der Waals surface area contributed by atoms with E-state index < -0.39 is 10.0 Å². The lowest BCUT2D eigenvalue weighted by atomic mass is 10.1. The molecular weight excluding hydrogens is 316 g/mol. The molecule has 2 rings (SSSR count). The van der Waals surface area contributed by atoms with Crippen molar-refractivity contribution < 1.29 is 17.9 Å². The summed E-state index contributed by atoms with van der Waals surface area (Å²) in [6.07, 6.45) is 5.19. The molecule has 0 saturated carbocycles. The van der Waals surface area contributed by atoms with Crippen molar-refractivity contribution in [1.82, 2.24) is 0 Å². The van der Waals surface area contributed by atoms with Crippen molar-refractivity contribution in [2.75, 3.05) is 18.5 Å². The minimum atomic E-state index is -3.81. The van der Waals surface area contributed by atoms with Gasteiger partial charge >= 0.3 is 0 Å². The van der Waals surface area contributed by atoms with E-state index in [2.05, 4.69) is 11.2 Å². The van der Waals surface area contributed by atoms with Crippen LogP contribution in [0.4, 0.5) is 5.69 Å². The maximum atomic E-state index is 11.9. The van der Waals surface area contributed by atoms with Gasteiger partial charge in [-0.2, -0.15) is 0 Å². The summed E-state index contributed by atoms with van der Waals surface area (Å²) in [5, 5.41) is 9.26. The standard InChI is InChI=1S/C16H16N2O4S/c1-2-9-22-10-8-16(19)18-15-5-3-4-12-6-7-13(11-14(12)15)23(17,20)21/h1,3-7,11H,8-10H2,(H,18,19)(H2,17,20,21). The van der Waals surface area contributed by atoms with Gasteiger partial charge in [-0.25, -0.2) is 13.6 Å². The molecule has 0 saturated heterocycles. The summed E-state index contributed by atoms with van der Waals surface area (Å²) in [7, 11) is -3.81. The molecule has 3 N–H and O–H groups in total. The third kappa shape index (κ3) is 4.53. The average molecular weight is 332 g/mol. The number of fused-ring (bicyclic) bond motifs is 1. The zero-order valence-corrected chi connectivity index (χ0v) is 13.1. The first-order valence-corrected chi connectivity index (χ1v) is 8.33. The van der Waals surface area contributed by atoms with Crippen molar-refractivity contribution in [3.05, 3.63) is 36.4 Å². The van der Waals surface area contributed by atoms with Crippen molar-refractivity contribution in [3.8, 4) is 12.3 Å². The second-order valence-corrected chi connectivity index (χ2v) is 6.35. The quantitative estimate of drug-likeness (QED) is 0.618. The highest BCUT2D eigenvalue weighted by Gasteiger charge is 2.11. The van der Waals surface area contributed by atoms with Gasteiger partial charge in [-0.1, -0.05) is 24.1 Å². The maximum absolute atomic E-state index is 11.9. The van der Waals surface area contributed by atoms with E-state index in [1.54, 1.807) is 18.2 Å². The molecule has 0 atom stereocenters. The molecule has 0 aromatic heterocycles. The van der Waals surface area contributed by atoms with Crippen molar-refractivity contribution >= 4 is 32.4 Å². The van der Waals surface area contributed by atoms with E-state index in [4.69, 9.17) is 16.3 Å². The van der Waals surface area contributed by atoms with Crippen LogP contribution in [0.3, 0.4) is 0 Å². The minimum Gasteiger partial charge on any atom is -0.368 e. The van der Waals surface area contributed by atoms with Crippen LogP contribution in [-0.2, 0) is 19.6 Å². The lowest BCUT2D eigenvalue weighted by molar-refractivity contribution is -0.117. The van der Waals surface area contributed by atoms with Crippen LogP contribution in [0.2, 0.25) is 0 Å². The molecule has 2 aromatic rings. The van der Waals surface area contributed by atoms with E-state index in [1.165, 1.54) is 12.1 Å². The SMILES string of the molecule is C#CCOCCC(=O)Nc1cccc2ccc(S(N)(=O)=O)cc12. The van der Waals surface area contributed by atoms with Gasteiger partial charge in [-0.3, -0.25) is 4.79 Å². The van der Waals surface area contributed by atoms with Gasteiger partial charge in [-0.15, -0.1) is 6.42 Å². The van der Waals surface area contributed by atoms with Gasteiger partial charge in [0.2, 0.25) is 15.9 Å². The molecule has 0 aliphatic heterocycles. The smallest absolute Gasteiger partial charge is 0.238 e. The largest absolute Gasteiger partial charge is 0.368 e. The predicted octanol–water partition coefficient (Wildman–Crippen LogP) is 1.47. The fraction of sp³-hybridized carbons (Fsp3) is 0.188. The number of primary sulfonamides is 1. The molecule has 2 aromatic carbocycles. The molecule has 23 heavy (non-hydrogen) atoms. The first-order valence-electron chi connectivity index (χ1n) is 6.78. The van der Waals surface area contributed by atoms with Crippen LogP contribution in [0.15, 0.2) is 41.3 Å². The summed E-state index contributed by atoms with van der Waals surface area (Å²) in [6.45, 7) is 0.364. The summed E-state index contributed by atoms with van der Waals surface area (Å²) < 4.78 is 28.0. The molecule has 0 heterocycles. The number of amides is 1. The Morgan fingerprint density at radius 2 is 2.09 bits per heavy atom. The topological polar surface area (TPSA) is 98.5 Å². The van der Waals surface area contributed by atoms with Gasteiger partial charge in [0, 0.05) is 11.1 Å². The normalized spacial score (nSPS) is 11.1. The molecular formula is C16H16N2O4S. The summed E-state index contributed by atoms with van der Waals surface area (Å²) in [5.41, 5.74) is 0.509. The lowest BCUT2D eigenvalue weighted by Gasteiger charge is -2.10.